The van der Waals surface area contributed by atoms with Gasteiger partial charge in [-0.25, -0.2) is 9.97 Å². The van der Waals surface area contributed by atoms with Crippen molar-refractivity contribution in [2.24, 2.45) is 5.41 Å². The first kappa shape index (κ1) is 25.7. The number of piperidine rings is 1. The first-order valence-electron chi connectivity index (χ1n) is 13.0. The van der Waals surface area contributed by atoms with Gasteiger partial charge in [0.15, 0.2) is 0 Å². The Morgan fingerprint density at radius 2 is 1.59 bits per heavy atom. The number of aliphatic hydroxyl groups excluding tert-OH is 3. The number of rotatable bonds is 9. The second-order valence-corrected chi connectivity index (χ2v) is 10.4. The second kappa shape index (κ2) is 10.8. The zero-order valence-electron chi connectivity index (χ0n) is 21.0. The molecule has 4 heterocycles. The van der Waals surface area contributed by atoms with E-state index in [0.29, 0.717) is 41.6 Å². The van der Waals surface area contributed by atoms with Crippen LogP contribution in [0.5, 0.6) is 0 Å². The summed E-state index contributed by atoms with van der Waals surface area (Å²) < 4.78 is 5.43. The summed E-state index contributed by atoms with van der Waals surface area (Å²) in [7, 11) is 0. The molecule has 0 aromatic carbocycles. The Labute approximate surface area is 216 Å². The van der Waals surface area contributed by atoms with Crippen LogP contribution in [0.15, 0.2) is 30.3 Å². The Bertz CT molecular complexity index is 1080. The van der Waals surface area contributed by atoms with Gasteiger partial charge in [-0.3, -0.25) is 4.79 Å². The summed E-state index contributed by atoms with van der Waals surface area (Å²) in [5, 5.41) is 35.1. The van der Waals surface area contributed by atoms with E-state index in [-0.39, 0.29) is 5.91 Å². The molecule has 2 aromatic rings. The third-order valence-corrected chi connectivity index (χ3v) is 7.81. The van der Waals surface area contributed by atoms with Crippen LogP contribution in [0.2, 0.25) is 0 Å². The highest BCUT2D eigenvalue weighted by molar-refractivity contribution is 6.07. The molecular formula is C26H36N6O5. The van der Waals surface area contributed by atoms with Crippen LogP contribution in [0.3, 0.4) is 0 Å². The molecule has 11 heteroatoms. The van der Waals surface area contributed by atoms with Gasteiger partial charge in [-0.1, -0.05) is 6.07 Å². The summed E-state index contributed by atoms with van der Waals surface area (Å²) in [5.74, 6) is 1.83. The predicted molar refractivity (Wildman–Crippen MR) is 140 cm³/mol. The van der Waals surface area contributed by atoms with Crippen LogP contribution >= 0.6 is 0 Å². The number of nitrogens with zero attached hydrogens (tertiary/aromatic N) is 4. The molecule has 2 aliphatic heterocycles. The number of ether oxygens (including phenoxy) is 1. The number of morpholine rings is 1. The molecule has 5 rings (SSSR count). The Morgan fingerprint density at radius 3 is 2.24 bits per heavy atom. The SMILES string of the molecule is O=C(Nc1cccc(N2CCOCC2)n1)c1ccc(NC(CO)(CO)CO)nc1N1CCC2(CC1)CC2. The van der Waals surface area contributed by atoms with Gasteiger partial charge < -0.3 is 40.5 Å². The lowest BCUT2D eigenvalue weighted by Gasteiger charge is -2.35. The Kier molecular flexibility index (Phi) is 7.47. The molecule has 1 aliphatic carbocycles. The normalized spacial score (nSPS) is 19.1. The Morgan fingerprint density at radius 1 is 0.892 bits per heavy atom. The minimum absolute atomic E-state index is 0.315. The molecule has 200 valence electrons. The van der Waals surface area contributed by atoms with Gasteiger partial charge in [-0.05, 0) is 55.4 Å². The number of aliphatic hydroxyl groups is 3. The summed E-state index contributed by atoms with van der Waals surface area (Å²) in [6.45, 7) is 2.97. The van der Waals surface area contributed by atoms with Gasteiger partial charge in [-0.15, -0.1) is 0 Å². The molecule has 11 nitrogen and oxygen atoms in total. The number of anilines is 4. The molecule has 3 fully saturated rings. The number of hydrogen-bond acceptors (Lipinski definition) is 10. The van der Waals surface area contributed by atoms with Gasteiger partial charge >= 0.3 is 0 Å². The van der Waals surface area contributed by atoms with E-state index in [9.17, 15) is 20.1 Å². The monoisotopic (exact) mass is 512 g/mol. The van der Waals surface area contributed by atoms with Crippen molar-refractivity contribution in [2.75, 3.05) is 79.6 Å². The van der Waals surface area contributed by atoms with Crippen LogP contribution in [-0.2, 0) is 4.74 Å². The highest BCUT2D eigenvalue weighted by Gasteiger charge is 2.45. The molecule has 0 bridgehead atoms. The molecule has 1 spiro atoms. The van der Waals surface area contributed by atoms with Crippen LogP contribution in [-0.4, -0.2) is 95.9 Å². The molecule has 2 saturated heterocycles. The Balaban J connectivity index is 1.39. The quantitative estimate of drug-likeness (QED) is 0.331. The maximum atomic E-state index is 13.5. The maximum Gasteiger partial charge on any atom is 0.260 e. The van der Waals surface area contributed by atoms with E-state index in [1.807, 2.05) is 12.1 Å². The molecule has 1 saturated carbocycles. The predicted octanol–water partition coefficient (Wildman–Crippen LogP) is 1.07. The van der Waals surface area contributed by atoms with Crippen LogP contribution in [0, 0.1) is 5.41 Å². The molecule has 1 amide bonds. The molecule has 2 aromatic heterocycles. The minimum atomic E-state index is -1.32. The number of carbonyl (C=O) groups excluding carboxylic acids is 1. The molecule has 0 unspecified atom stereocenters. The molecule has 37 heavy (non-hydrogen) atoms. The van der Waals surface area contributed by atoms with Crippen molar-refractivity contribution in [3.63, 3.8) is 0 Å². The first-order valence-corrected chi connectivity index (χ1v) is 13.0. The summed E-state index contributed by atoms with van der Waals surface area (Å²) in [4.78, 5) is 27.1. The van der Waals surface area contributed by atoms with Gasteiger partial charge in [0.25, 0.3) is 5.91 Å². The van der Waals surface area contributed by atoms with Crippen LogP contribution in [0.1, 0.15) is 36.0 Å². The van der Waals surface area contributed by atoms with Crippen LogP contribution in [0.4, 0.5) is 23.3 Å². The zero-order valence-corrected chi connectivity index (χ0v) is 21.0. The van der Waals surface area contributed by atoms with Crippen molar-refractivity contribution in [1.29, 1.82) is 0 Å². The van der Waals surface area contributed by atoms with E-state index in [0.717, 1.165) is 44.8 Å². The minimum Gasteiger partial charge on any atom is -0.394 e. The van der Waals surface area contributed by atoms with Crippen LogP contribution in [0.25, 0.3) is 0 Å². The van der Waals surface area contributed by atoms with Gasteiger partial charge in [-0.2, -0.15) is 0 Å². The lowest BCUT2D eigenvalue weighted by atomic mass is 9.93. The zero-order chi connectivity index (χ0) is 25.9. The lowest BCUT2D eigenvalue weighted by Crippen LogP contribution is -2.49. The van der Waals surface area contributed by atoms with Gasteiger partial charge in [0.2, 0.25) is 0 Å². The fourth-order valence-electron chi connectivity index (χ4n) is 4.99. The van der Waals surface area contributed by atoms with Gasteiger partial charge in [0.05, 0.1) is 38.6 Å². The van der Waals surface area contributed by atoms with Crippen LogP contribution < -0.4 is 20.4 Å². The standard InChI is InChI=1S/C26H36N6O5/c33-16-26(17-34,18-35)30-21-5-4-19(23(28-21)32-10-8-25(6-7-25)9-11-32)24(36)29-20-2-1-3-22(27-20)31-12-14-37-15-13-31/h1-5,33-35H,6-18H2,(H,28,30)(H,27,29,36). The average Bonchev–Trinajstić information content (AvgIpc) is 3.71. The number of amides is 1. The average molecular weight is 513 g/mol. The second-order valence-electron chi connectivity index (χ2n) is 10.4. The highest BCUT2D eigenvalue weighted by atomic mass is 16.5. The number of hydrogen-bond donors (Lipinski definition) is 5. The van der Waals surface area contributed by atoms with Gasteiger partial charge in [0, 0.05) is 26.2 Å². The number of nitrogens with one attached hydrogen (secondary N) is 2. The van der Waals surface area contributed by atoms with E-state index in [1.54, 1.807) is 18.2 Å². The largest absolute Gasteiger partial charge is 0.394 e. The maximum absolute atomic E-state index is 13.5. The van der Waals surface area contributed by atoms with E-state index < -0.39 is 25.4 Å². The van der Waals surface area contributed by atoms with E-state index >= 15 is 0 Å². The van der Waals surface area contributed by atoms with E-state index in [2.05, 4.69) is 25.4 Å². The highest BCUT2D eigenvalue weighted by Crippen LogP contribution is 2.54. The molecule has 5 N–H and O–H groups in total. The molecule has 0 atom stereocenters. The first-order chi connectivity index (χ1) is 18.0. The summed E-state index contributed by atoms with van der Waals surface area (Å²) >= 11 is 0. The topological polar surface area (TPSA) is 143 Å². The molecular weight excluding hydrogens is 476 g/mol. The fourth-order valence-corrected chi connectivity index (χ4v) is 4.99. The van der Waals surface area contributed by atoms with Crippen molar-refractivity contribution in [2.45, 2.75) is 31.2 Å². The lowest BCUT2D eigenvalue weighted by molar-refractivity contribution is 0.0830. The number of carbonyl (C=O) groups is 1. The Hall–Kier alpha value is -2.99. The van der Waals surface area contributed by atoms with Crippen molar-refractivity contribution < 1.29 is 24.9 Å². The fraction of sp³-hybridized carbons (Fsp3) is 0.577. The van der Waals surface area contributed by atoms with Crippen molar-refractivity contribution in [1.82, 2.24) is 9.97 Å². The van der Waals surface area contributed by atoms with Crippen molar-refractivity contribution in [3.05, 3.63) is 35.9 Å². The van der Waals surface area contributed by atoms with Crippen molar-refractivity contribution in [3.8, 4) is 0 Å². The number of aromatic nitrogens is 2. The van der Waals surface area contributed by atoms with Crippen molar-refractivity contribution >= 4 is 29.2 Å². The summed E-state index contributed by atoms with van der Waals surface area (Å²) in [5.41, 5.74) is -0.450. The third-order valence-electron chi connectivity index (χ3n) is 7.81. The summed E-state index contributed by atoms with van der Waals surface area (Å²) in [6, 6.07) is 8.87. The molecule has 3 aliphatic rings. The summed E-state index contributed by atoms with van der Waals surface area (Å²) in [6.07, 6.45) is 4.65. The van der Waals surface area contributed by atoms with E-state index in [1.165, 1.54) is 12.8 Å². The smallest absolute Gasteiger partial charge is 0.260 e. The molecule has 0 radical (unpaired) electrons. The third kappa shape index (κ3) is 5.64. The van der Waals surface area contributed by atoms with E-state index in [4.69, 9.17) is 9.72 Å². The van der Waals surface area contributed by atoms with Gasteiger partial charge in [0.1, 0.15) is 28.8 Å². The number of pyridine rings is 2.